The molecular formula is C11H13BN2O. The fourth-order valence-electron chi connectivity index (χ4n) is 1.81. The van der Waals surface area contributed by atoms with E-state index in [0.29, 0.717) is 18.0 Å². The lowest BCUT2D eigenvalue weighted by Gasteiger charge is -2.05. The number of carbonyl (C=O) groups excluding carboxylic acids is 1. The Morgan fingerprint density at radius 2 is 2.33 bits per heavy atom. The van der Waals surface area contributed by atoms with Crippen LogP contribution < -0.4 is 0 Å². The molecule has 1 amide bonds. The van der Waals surface area contributed by atoms with E-state index in [9.17, 15) is 4.79 Å². The topological polar surface area (TPSA) is 33.2 Å². The third-order valence-corrected chi connectivity index (χ3v) is 2.50. The minimum atomic E-state index is -0.131. The summed E-state index contributed by atoms with van der Waals surface area (Å²) < 4.78 is 0. The van der Waals surface area contributed by atoms with Gasteiger partial charge >= 0.3 is 0 Å². The molecule has 0 spiro atoms. The van der Waals surface area contributed by atoms with E-state index in [2.05, 4.69) is 18.8 Å². The molecule has 0 saturated carbocycles. The second-order valence-corrected chi connectivity index (χ2v) is 4.36. The Labute approximate surface area is 90.9 Å². The van der Waals surface area contributed by atoms with Crippen molar-refractivity contribution in [2.75, 3.05) is 0 Å². The molecule has 2 rings (SSSR count). The molecule has 1 aliphatic heterocycles. The Hall–Kier alpha value is -1.32. The van der Waals surface area contributed by atoms with Crippen molar-refractivity contribution in [3.05, 3.63) is 29.1 Å². The maximum atomic E-state index is 11.5. The standard InChI is InChI=1S/C11H13BN2O/c1-7(2)3-9-4-8-6-14(12)11(15)10(8)5-13-9/h4-5,7H,3,6H2,1-2H3. The van der Waals surface area contributed by atoms with Crippen LogP contribution in [0.2, 0.25) is 0 Å². The first-order chi connectivity index (χ1) is 7.08. The van der Waals surface area contributed by atoms with E-state index in [-0.39, 0.29) is 5.91 Å². The summed E-state index contributed by atoms with van der Waals surface area (Å²) in [4.78, 5) is 17.0. The summed E-state index contributed by atoms with van der Waals surface area (Å²) in [6.45, 7) is 4.80. The number of aromatic nitrogens is 1. The van der Waals surface area contributed by atoms with E-state index in [0.717, 1.165) is 17.7 Å². The first-order valence-electron chi connectivity index (χ1n) is 5.12. The molecule has 0 fully saturated rings. The van der Waals surface area contributed by atoms with E-state index in [1.165, 1.54) is 4.81 Å². The van der Waals surface area contributed by atoms with E-state index >= 15 is 0 Å². The van der Waals surface area contributed by atoms with Gasteiger partial charge in [0, 0.05) is 18.4 Å². The largest absolute Gasteiger partial charge is 0.389 e. The molecule has 0 saturated heterocycles. The van der Waals surface area contributed by atoms with E-state index in [1.54, 1.807) is 6.20 Å². The number of fused-ring (bicyclic) bond motifs is 1. The fraction of sp³-hybridized carbons (Fsp3) is 0.455. The number of hydrogen-bond acceptors (Lipinski definition) is 2. The highest BCUT2D eigenvalue weighted by atomic mass is 16.2. The van der Waals surface area contributed by atoms with Gasteiger partial charge in [0.1, 0.15) is 0 Å². The molecule has 1 aliphatic rings. The van der Waals surface area contributed by atoms with Gasteiger partial charge in [0.25, 0.3) is 0 Å². The number of amides is 1. The predicted molar refractivity (Wildman–Crippen MR) is 58.4 cm³/mol. The van der Waals surface area contributed by atoms with Crippen LogP contribution in [0, 0.1) is 5.92 Å². The predicted octanol–water partition coefficient (Wildman–Crippen LogP) is 1.32. The van der Waals surface area contributed by atoms with Gasteiger partial charge in [-0.2, -0.15) is 0 Å². The van der Waals surface area contributed by atoms with Gasteiger partial charge in [-0.25, -0.2) is 0 Å². The van der Waals surface area contributed by atoms with Gasteiger partial charge in [-0.3, -0.25) is 9.78 Å². The number of hydrogen-bond donors (Lipinski definition) is 0. The second-order valence-electron chi connectivity index (χ2n) is 4.36. The van der Waals surface area contributed by atoms with Gasteiger partial charge in [0.15, 0.2) is 0 Å². The molecule has 1 aromatic rings. The summed E-state index contributed by atoms with van der Waals surface area (Å²) in [6.07, 6.45) is 2.58. The number of nitrogens with zero attached hydrogens (tertiary/aromatic N) is 2. The first kappa shape index (κ1) is 10.2. The number of pyridine rings is 1. The van der Waals surface area contributed by atoms with Crippen molar-refractivity contribution in [3.63, 3.8) is 0 Å². The van der Waals surface area contributed by atoms with Gasteiger partial charge in [-0.1, -0.05) is 13.8 Å². The molecule has 0 N–H and O–H groups in total. The third kappa shape index (κ3) is 1.89. The Balaban J connectivity index is 2.29. The molecule has 0 atom stereocenters. The summed E-state index contributed by atoms with van der Waals surface area (Å²) in [5.74, 6) is 0.440. The molecule has 0 aromatic carbocycles. The zero-order valence-electron chi connectivity index (χ0n) is 9.03. The normalized spacial score (nSPS) is 14.9. The molecule has 1 aromatic heterocycles. The molecule has 4 heteroatoms. The smallest absolute Gasteiger partial charge is 0.243 e. The molecule has 2 radical (unpaired) electrons. The SMILES string of the molecule is [B]N1Cc2cc(CC(C)C)ncc2C1=O. The average Bonchev–Trinajstić information content (AvgIpc) is 2.41. The Morgan fingerprint density at radius 1 is 1.60 bits per heavy atom. The third-order valence-electron chi connectivity index (χ3n) is 2.50. The Morgan fingerprint density at radius 3 is 3.00 bits per heavy atom. The lowest BCUT2D eigenvalue weighted by molar-refractivity contribution is 0.0880. The van der Waals surface area contributed by atoms with Crippen LogP contribution in [0.5, 0.6) is 0 Å². The summed E-state index contributed by atoms with van der Waals surface area (Å²) >= 11 is 0. The summed E-state index contributed by atoms with van der Waals surface area (Å²) in [7, 11) is 5.54. The second kappa shape index (κ2) is 3.68. The lowest BCUT2D eigenvalue weighted by Crippen LogP contribution is -2.19. The van der Waals surface area contributed by atoms with Gasteiger partial charge in [-0.15, -0.1) is 0 Å². The molecular weight excluding hydrogens is 187 g/mol. The van der Waals surface area contributed by atoms with Crippen LogP contribution in [0.4, 0.5) is 0 Å². The minimum absolute atomic E-state index is 0.131. The highest BCUT2D eigenvalue weighted by Gasteiger charge is 2.24. The zero-order chi connectivity index (χ0) is 11.0. The van der Waals surface area contributed by atoms with Crippen molar-refractivity contribution in [1.82, 2.24) is 9.79 Å². The van der Waals surface area contributed by atoms with Crippen LogP contribution in [0.1, 0.15) is 35.5 Å². The van der Waals surface area contributed by atoms with E-state index < -0.39 is 0 Å². The average molecular weight is 200 g/mol. The summed E-state index contributed by atoms with van der Waals surface area (Å²) in [5, 5.41) is 0. The van der Waals surface area contributed by atoms with Crippen LogP contribution in [-0.4, -0.2) is 23.7 Å². The van der Waals surface area contributed by atoms with Crippen LogP contribution in [0.15, 0.2) is 12.3 Å². The van der Waals surface area contributed by atoms with E-state index in [1.807, 2.05) is 6.07 Å². The molecule has 3 nitrogen and oxygen atoms in total. The highest BCUT2D eigenvalue weighted by Crippen LogP contribution is 2.21. The lowest BCUT2D eigenvalue weighted by atomic mass is 10.0. The van der Waals surface area contributed by atoms with Crippen molar-refractivity contribution in [2.45, 2.75) is 26.8 Å². The van der Waals surface area contributed by atoms with Crippen LogP contribution in [0.3, 0.4) is 0 Å². The van der Waals surface area contributed by atoms with Gasteiger partial charge in [0.2, 0.25) is 13.9 Å². The summed E-state index contributed by atoms with van der Waals surface area (Å²) in [5.41, 5.74) is 2.67. The van der Waals surface area contributed by atoms with Gasteiger partial charge in [-0.05, 0) is 24.0 Å². The Kier molecular flexibility index (Phi) is 2.51. The molecule has 15 heavy (non-hydrogen) atoms. The number of rotatable bonds is 2. The van der Waals surface area contributed by atoms with E-state index in [4.69, 9.17) is 7.98 Å². The van der Waals surface area contributed by atoms with Crippen molar-refractivity contribution < 1.29 is 4.79 Å². The molecule has 0 bridgehead atoms. The zero-order valence-corrected chi connectivity index (χ0v) is 9.03. The fourth-order valence-corrected chi connectivity index (χ4v) is 1.81. The minimum Gasteiger partial charge on any atom is -0.389 e. The molecule has 0 aliphatic carbocycles. The van der Waals surface area contributed by atoms with Crippen LogP contribution >= 0.6 is 0 Å². The Bertz CT molecular complexity index is 404. The summed E-state index contributed by atoms with van der Waals surface area (Å²) in [6, 6.07) is 1.99. The van der Waals surface area contributed by atoms with Crippen molar-refractivity contribution in [2.24, 2.45) is 5.92 Å². The molecule has 2 heterocycles. The number of carbonyl (C=O) groups is 1. The quantitative estimate of drug-likeness (QED) is 0.674. The van der Waals surface area contributed by atoms with Crippen LogP contribution in [0.25, 0.3) is 0 Å². The van der Waals surface area contributed by atoms with Crippen molar-refractivity contribution in [3.8, 4) is 0 Å². The highest BCUT2D eigenvalue weighted by molar-refractivity contribution is 6.19. The molecule has 0 unspecified atom stereocenters. The first-order valence-corrected chi connectivity index (χ1v) is 5.12. The van der Waals surface area contributed by atoms with Crippen LogP contribution in [-0.2, 0) is 13.0 Å². The maximum Gasteiger partial charge on any atom is 0.243 e. The van der Waals surface area contributed by atoms with Crippen molar-refractivity contribution in [1.29, 1.82) is 0 Å². The maximum absolute atomic E-state index is 11.5. The van der Waals surface area contributed by atoms with Crippen molar-refractivity contribution >= 4 is 13.9 Å². The van der Waals surface area contributed by atoms with Gasteiger partial charge in [0.05, 0.1) is 5.56 Å². The molecule has 76 valence electrons. The van der Waals surface area contributed by atoms with Gasteiger partial charge < -0.3 is 4.81 Å². The monoisotopic (exact) mass is 200 g/mol.